The molecule has 0 unspecified atom stereocenters. The van der Waals surface area contributed by atoms with Gasteiger partial charge in [0.1, 0.15) is 10.7 Å². The Labute approximate surface area is 128 Å². The molecule has 0 bridgehead atoms. The van der Waals surface area contributed by atoms with Crippen LogP contribution in [0.25, 0.3) is 0 Å². The number of nitrogens with one attached hydrogen (secondary N) is 2. The third kappa shape index (κ3) is 5.99. The summed E-state index contributed by atoms with van der Waals surface area (Å²) in [5.74, 6) is 0.690. The molecule has 0 aromatic carbocycles. The third-order valence-corrected chi connectivity index (χ3v) is 4.69. The number of nitrogens with zero attached hydrogens (tertiary/aromatic N) is 2. The summed E-state index contributed by atoms with van der Waals surface area (Å²) < 4.78 is 26.8. The van der Waals surface area contributed by atoms with Gasteiger partial charge in [-0.25, -0.2) is 18.1 Å². The predicted molar refractivity (Wildman–Crippen MR) is 86.0 cm³/mol. The van der Waals surface area contributed by atoms with E-state index < -0.39 is 10.0 Å². The molecule has 6 nitrogen and oxygen atoms in total. The van der Waals surface area contributed by atoms with Gasteiger partial charge in [-0.15, -0.1) is 0 Å². The van der Waals surface area contributed by atoms with Crippen molar-refractivity contribution in [1.82, 2.24) is 14.6 Å². The molecule has 0 radical (unpaired) electrons. The smallest absolute Gasteiger partial charge is 0.242 e. The fourth-order valence-corrected chi connectivity index (χ4v) is 2.56. The maximum absolute atomic E-state index is 12.1. The summed E-state index contributed by atoms with van der Waals surface area (Å²) in [6.45, 7) is 8.07. The topological polar surface area (TPSA) is 74.3 Å². The van der Waals surface area contributed by atoms with Gasteiger partial charge in [0.25, 0.3) is 0 Å². The van der Waals surface area contributed by atoms with Crippen LogP contribution in [-0.2, 0) is 10.0 Å². The van der Waals surface area contributed by atoms with E-state index in [1.165, 1.54) is 6.20 Å². The van der Waals surface area contributed by atoms with Gasteiger partial charge in [0, 0.05) is 31.9 Å². The van der Waals surface area contributed by atoms with Crippen molar-refractivity contribution in [3.8, 4) is 0 Å². The molecule has 1 aromatic rings. The molecule has 0 fully saturated rings. The number of likely N-dealkylation sites (N-methyl/N-ethyl adjacent to an activating group) is 1. The molecule has 1 heterocycles. The molecular weight excluding hydrogens is 288 g/mol. The van der Waals surface area contributed by atoms with Gasteiger partial charge in [0.15, 0.2) is 0 Å². The van der Waals surface area contributed by atoms with Crippen LogP contribution in [0, 0.1) is 0 Å². The number of anilines is 1. The number of pyridine rings is 1. The minimum atomic E-state index is -3.49. The fraction of sp³-hybridized carbons (Fsp3) is 0.643. The quantitative estimate of drug-likeness (QED) is 0.723. The first kappa shape index (κ1) is 17.9. The Morgan fingerprint density at radius 3 is 2.52 bits per heavy atom. The number of rotatable bonds is 9. The fourth-order valence-electron chi connectivity index (χ4n) is 1.59. The van der Waals surface area contributed by atoms with E-state index in [9.17, 15) is 8.42 Å². The zero-order valence-electron chi connectivity index (χ0n) is 13.3. The van der Waals surface area contributed by atoms with Crippen LogP contribution in [0.5, 0.6) is 0 Å². The highest BCUT2D eigenvalue weighted by atomic mass is 32.2. The van der Waals surface area contributed by atoms with Crippen molar-refractivity contribution >= 4 is 15.8 Å². The molecule has 0 aliphatic carbocycles. The minimum Gasteiger partial charge on any atom is -0.370 e. The second kappa shape index (κ2) is 8.31. The van der Waals surface area contributed by atoms with E-state index >= 15 is 0 Å². The summed E-state index contributed by atoms with van der Waals surface area (Å²) in [6, 6.07) is 3.64. The van der Waals surface area contributed by atoms with Crippen LogP contribution in [0.1, 0.15) is 27.2 Å². The van der Waals surface area contributed by atoms with Crippen LogP contribution >= 0.6 is 0 Å². The van der Waals surface area contributed by atoms with Crippen LogP contribution < -0.4 is 10.0 Å². The summed E-state index contributed by atoms with van der Waals surface area (Å²) in [7, 11) is -1.52. The van der Waals surface area contributed by atoms with Gasteiger partial charge in [-0.3, -0.25) is 0 Å². The van der Waals surface area contributed by atoms with Crippen LogP contribution in [0.3, 0.4) is 0 Å². The van der Waals surface area contributed by atoms with Crippen LogP contribution in [0.2, 0.25) is 0 Å². The van der Waals surface area contributed by atoms with E-state index in [1.807, 2.05) is 7.05 Å². The summed E-state index contributed by atoms with van der Waals surface area (Å²) in [5, 5.41) is 3.11. The van der Waals surface area contributed by atoms with E-state index in [-0.39, 0.29) is 4.90 Å². The Morgan fingerprint density at radius 2 is 2.00 bits per heavy atom. The van der Waals surface area contributed by atoms with Gasteiger partial charge in [0.05, 0.1) is 0 Å². The number of hydrogen-bond donors (Lipinski definition) is 2. The first-order chi connectivity index (χ1) is 9.86. The first-order valence-electron chi connectivity index (χ1n) is 7.26. The molecule has 0 saturated heterocycles. The van der Waals surface area contributed by atoms with Crippen LogP contribution in [0.4, 0.5) is 5.82 Å². The SMILES string of the molecule is CCCNc1ccc(S(=O)(=O)NCCN(C)C(C)C)cn1. The highest BCUT2D eigenvalue weighted by molar-refractivity contribution is 7.89. The molecular formula is C14H26N4O2S. The second-order valence-corrected chi connectivity index (χ2v) is 7.05. The average Bonchev–Trinajstić information content (AvgIpc) is 2.45. The lowest BCUT2D eigenvalue weighted by molar-refractivity contribution is 0.278. The number of aromatic nitrogens is 1. The number of hydrogen-bond acceptors (Lipinski definition) is 5. The lowest BCUT2D eigenvalue weighted by Crippen LogP contribution is -2.36. The number of sulfonamides is 1. The highest BCUT2D eigenvalue weighted by Crippen LogP contribution is 2.10. The largest absolute Gasteiger partial charge is 0.370 e. The predicted octanol–water partition coefficient (Wildman–Crippen LogP) is 1.52. The molecule has 0 amide bonds. The maximum atomic E-state index is 12.1. The summed E-state index contributed by atoms with van der Waals surface area (Å²) >= 11 is 0. The molecule has 0 aliphatic heterocycles. The van der Waals surface area contributed by atoms with Crippen LogP contribution in [0.15, 0.2) is 23.2 Å². The van der Waals surface area contributed by atoms with Gasteiger partial charge in [0.2, 0.25) is 10.0 Å². The molecule has 1 aromatic heterocycles. The first-order valence-corrected chi connectivity index (χ1v) is 8.75. The normalized spacial score (nSPS) is 12.1. The van der Waals surface area contributed by atoms with E-state index in [0.717, 1.165) is 13.0 Å². The average molecular weight is 314 g/mol. The maximum Gasteiger partial charge on any atom is 0.242 e. The monoisotopic (exact) mass is 314 g/mol. The van der Waals surface area contributed by atoms with E-state index in [1.54, 1.807) is 12.1 Å². The molecule has 1 rings (SSSR count). The molecule has 7 heteroatoms. The Morgan fingerprint density at radius 1 is 1.29 bits per heavy atom. The van der Waals surface area contributed by atoms with Crippen molar-refractivity contribution in [2.45, 2.75) is 38.1 Å². The van der Waals surface area contributed by atoms with E-state index in [0.29, 0.717) is 24.9 Å². The lowest BCUT2D eigenvalue weighted by Gasteiger charge is -2.20. The van der Waals surface area contributed by atoms with Crippen LogP contribution in [-0.4, -0.2) is 51.0 Å². The van der Waals surface area contributed by atoms with Crippen molar-refractivity contribution in [2.24, 2.45) is 0 Å². The Balaban J connectivity index is 2.57. The molecule has 0 spiro atoms. The molecule has 2 N–H and O–H groups in total. The molecule has 0 saturated carbocycles. The Kier molecular flexibility index (Phi) is 7.07. The van der Waals surface area contributed by atoms with Gasteiger partial charge in [-0.05, 0) is 39.4 Å². The zero-order chi connectivity index (χ0) is 15.9. The molecule has 21 heavy (non-hydrogen) atoms. The standard InChI is InChI=1S/C14H26N4O2S/c1-5-8-15-14-7-6-13(11-16-14)21(19,20)17-9-10-18(4)12(2)3/h6-7,11-12,17H,5,8-10H2,1-4H3,(H,15,16). The summed E-state index contributed by atoms with van der Waals surface area (Å²) in [5.41, 5.74) is 0. The minimum absolute atomic E-state index is 0.191. The molecule has 120 valence electrons. The van der Waals surface area contributed by atoms with Gasteiger partial charge in [-0.1, -0.05) is 6.92 Å². The van der Waals surface area contributed by atoms with Gasteiger partial charge >= 0.3 is 0 Å². The lowest BCUT2D eigenvalue weighted by atomic mass is 10.3. The zero-order valence-corrected chi connectivity index (χ0v) is 14.1. The van der Waals surface area contributed by atoms with Gasteiger partial charge in [-0.2, -0.15) is 0 Å². The van der Waals surface area contributed by atoms with Crippen molar-refractivity contribution in [3.05, 3.63) is 18.3 Å². The van der Waals surface area contributed by atoms with E-state index in [4.69, 9.17) is 0 Å². The highest BCUT2D eigenvalue weighted by Gasteiger charge is 2.14. The van der Waals surface area contributed by atoms with Gasteiger partial charge < -0.3 is 10.2 Å². The summed E-state index contributed by atoms with van der Waals surface area (Å²) in [6.07, 6.45) is 2.37. The summed E-state index contributed by atoms with van der Waals surface area (Å²) in [4.78, 5) is 6.39. The van der Waals surface area contributed by atoms with Crippen molar-refractivity contribution in [1.29, 1.82) is 0 Å². The van der Waals surface area contributed by atoms with Crippen molar-refractivity contribution < 1.29 is 8.42 Å². The molecule has 0 atom stereocenters. The Bertz CT molecular complexity index is 514. The van der Waals surface area contributed by atoms with Crippen molar-refractivity contribution in [2.75, 3.05) is 32.0 Å². The Hall–Kier alpha value is -1.18. The molecule has 0 aliphatic rings. The van der Waals surface area contributed by atoms with Crippen molar-refractivity contribution in [3.63, 3.8) is 0 Å². The van der Waals surface area contributed by atoms with E-state index in [2.05, 4.69) is 40.7 Å². The second-order valence-electron chi connectivity index (χ2n) is 5.28. The third-order valence-electron chi connectivity index (χ3n) is 3.24.